The van der Waals surface area contributed by atoms with Crippen LogP contribution in [0.1, 0.15) is 11.4 Å². The number of hydrogen-bond acceptors (Lipinski definition) is 4. The molecular formula is C16H14FN3O. The lowest BCUT2D eigenvalue weighted by Crippen LogP contribution is -1.93. The molecule has 0 atom stereocenters. The highest BCUT2D eigenvalue weighted by molar-refractivity contribution is 5.60. The van der Waals surface area contributed by atoms with E-state index >= 15 is 0 Å². The van der Waals surface area contributed by atoms with Crippen molar-refractivity contribution in [2.45, 2.75) is 12.8 Å². The molecule has 0 saturated carbocycles. The van der Waals surface area contributed by atoms with Gasteiger partial charge in [0.25, 0.3) is 5.89 Å². The van der Waals surface area contributed by atoms with Crippen LogP contribution in [0.4, 0.5) is 10.1 Å². The Bertz CT molecular complexity index is 740. The van der Waals surface area contributed by atoms with Gasteiger partial charge in [-0.25, -0.2) is 4.39 Å². The first-order valence-electron chi connectivity index (χ1n) is 6.64. The van der Waals surface area contributed by atoms with Gasteiger partial charge in [0.1, 0.15) is 5.82 Å². The van der Waals surface area contributed by atoms with E-state index in [1.165, 1.54) is 17.7 Å². The minimum atomic E-state index is -0.456. The van der Waals surface area contributed by atoms with E-state index in [9.17, 15) is 4.39 Å². The first-order chi connectivity index (χ1) is 10.2. The topological polar surface area (TPSA) is 64.9 Å². The van der Waals surface area contributed by atoms with Gasteiger partial charge in [-0.2, -0.15) is 4.98 Å². The molecule has 0 bridgehead atoms. The fourth-order valence-corrected chi connectivity index (χ4v) is 2.05. The van der Waals surface area contributed by atoms with Crippen LogP contribution in [0.3, 0.4) is 0 Å². The largest absolute Gasteiger partial charge is 0.396 e. The van der Waals surface area contributed by atoms with Gasteiger partial charge < -0.3 is 10.3 Å². The lowest BCUT2D eigenvalue weighted by atomic mass is 10.1. The number of aromatic nitrogens is 2. The number of rotatable bonds is 4. The van der Waals surface area contributed by atoms with Crippen LogP contribution >= 0.6 is 0 Å². The fraction of sp³-hybridized carbons (Fsp3) is 0.125. The number of nitrogens with zero attached hydrogens (tertiary/aromatic N) is 2. The predicted molar refractivity (Wildman–Crippen MR) is 78.0 cm³/mol. The second-order valence-corrected chi connectivity index (χ2v) is 4.74. The number of benzene rings is 2. The molecule has 2 aromatic carbocycles. The van der Waals surface area contributed by atoms with Crippen molar-refractivity contribution in [2.24, 2.45) is 0 Å². The van der Waals surface area contributed by atoms with Crippen molar-refractivity contribution in [3.05, 3.63) is 65.7 Å². The summed E-state index contributed by atoms with van der Waals surface area (Å²) in [7, 11) is 0. The molecule has 1 heterocycles. The van der Waals surface area contributed by atoms with Gasteiger partial charge in [-0.3, -0.25) is 0 Å². The molecule has 0 radical (unpaired) electrons. The predicted octanol–water partition coefficient (Wildman–Crippen LogP) is 3.24. The SMILES string of the molecule is Nc1cc(-c2nc(CCc3ccccc3)no2)ccc1F. The Morgan fingerprint density at radius 2 is 1.86 bits per heavy atom. The third-order valence-corrected chi connectivity index (χ3v) is 3.19. The molecule has 0 aliphatic rings. The molecule has 3 aromatic rings. The maximum absolute atomic E-state index is 13.1. The van der Waals surface area contributed by atoms with Crippen LogP contribution in [-0.4, -0.2) is 10.1 Å². The average molecular weight is 283 g/mol. The van der Waals surface area contributed by atoms with Crippen molar-refractivity contribution < 1.29 is 8.91 Å². The Labute approximate surface area is 121 Å². The van der Waals surface area contributed by atoms with E-state index in [0.29, 0.717) is 23.7 Å². The third-order valence-electron chi connectivity index (χ3n) is 3.19. The van der Waals surface area contributed by atoms with Crippen LogP contribution in [0, 0.1) is 5.82 Å². The zero-order valence-corrected chi connectivity index (χ0v) is 11.3. The summed E-state index contributed by atoms with van der Waals surface area (Å²) in [4.78, 5) is 4.31. The number of nitrogens with two attached hydrogens (primary N) is 1. The molecule has 0 saturated heterocycles. The van der Waals surface area contributed by atoms with Crippen molar-refractivity contribution in [3.8, 4) is 11.5 Å². The van der Waals surface area contributed by atoms with Crippen LogP contribution in [0.2, 0.25) is 0 Å². The first kappa shape index (κ1) is 13.3. The molecule has 0 unspecified atom stereocenters. The van der Waals surface area contributed by atoms with E-state index in [2.05, 4.69) is 22.3 Å². The second-order valence-electron chi connectivity index (χ2n) is 4.74. The minimum absolute atomic E-state index is 0.0662. The molecule has 0 aliphatic heterocycles. The summed E-state index contributed by atoms with van der Waals surface area (Å²) < 4.78 is 18.3. The zero-order valence-electron chi connectivity index (χ0n) is 11.3. The smallest absolute Gasteiger partial charge is 0.257 e. The van der Waals surface area contributed by atoms with E-state index in [1.807, 2.05) is 18.2 Å². The third kappa shape index (κ3) is 3.08. The van der Waals surface area contributed by atoms with Gasteiger partial charge in [-0.05, 0) is 30.2 Å². The van der Waals surface area contributed by atoms with Gasteiger partial charge in [0.05, 0.1) is 5.69 Å². The molecule has 0 spiro atoms. The Balaban J connectivity index is 1.72. The zero-order chi connectivity index (χ0) is 14.7. The van der Waals surface area contributed by atoms with Crippen molar-refractivity contribution in [3.63, 3.8) is 0 Å². The van der Waals surface area contributed by atoms with Crippen LogP contribution in [0.15, 0.2) is 53.1 Å². The highest BCUT2D eigenvalue weighted by Crippen LogP contribution is 2.22. The van der Waals surface area contributed by atoms with Gasteiger partial charge in [0.15, 0.2) is 5.82 Å². The Morgan fingerprint density at radius 1 is 1.05 bits per heavy atom. The molecular weight excluding hydrogens is 269 g/mol. The highest BCUT2D eigenvalue weighted by Gasteiger charge is 2.10. The number of anilines is 1. The molecule has 4 nitrogen and oxygen atoms in total. The number of halogens is 1. The van der Waals surface area contributed by atoms with Gasteiger partial charge in [0.2, 0.25) is 0 Å². The maximum atomic E-state index is 13.1. The van der Waals surface area contributed by atoms with E-state index in [0.717, 1.165) is 6.42 Å². The van der Waals surface area contributed by atoms with E-state index in [-0.39, 0.29) is 5.69 Å². The van der Waals surface area contributed by atoms with Crippen molar-refractivity contribution in [1.29, 1.82) is 0 Å². The molecule has 21 heavy (non-hydrogen) atoms. The Kier molecular flexibility index (Phi) is 3.64. The quantitative estimate of drug-likeness (QED) is 0.746. The molecule has 0 fully saturated rings. The highest BCUT2D eigenvalue weighted by atomic mass is 19.1. The van der Waals surface area contributed by atoms with Crippen LogP contribution < -0.4 is 5.73 Å². The molecule has 106 valence electrons. The summed E-state index contributed by atoms with van der Waals surface area (Å²) in [6, 6.07) is 14.4. The Hall–Kier alpha value is -2.69. The minimum Gasteiger partial charge on any atom is -0.396 e. The second kappa shape index (κ2) is 5.75. The summed E-state index contributed by atoms with van der Waals surface area (Å²) in [6.45, 7) is 0. The number of aryl methyl sites for hydroxylation is 2. The number of hydrogen-bond donors (Lipinski definition) is 1. The summed E-state index contributed by atoms with van der Waals surface area (Å²) in [5.41, 5.74) is 7.44. The summed E-state index contributed by atoms with van der Waals surface area (Å²) >= 11 is 0. The first-order valence-corrected chi connectivity index (χ1v) is 6.64. The van der Waals surface area contributed by atoms with Crippen molar-refractivity contribution >= 4 is 5.69 Å². The molecule has 0 amide bonds. The number of nitrogen functional groups attached to an aromatic ring is 1. The van der Waals surface area contributed by atoms with Crippen molar-refractivity contribution in [1.82, 2.24) is 10.1 Å². The van der Waals surface area contributed by atoms with Crippen LogP contribution in [0.5, 0.6) is 0 Å². The summed E-state index contributed by atoms with van der Waals surface area (Å²) in [5.74, 6) is 0.518. The Morgan fingerprint density at radius 3 is 2.62 bits per heavy atom. The molecule has 0 aliphatic carbocycles. The average Bonchev–Trinajstić information content (AvgIpc) is 2.98. The molecule has 1 aromatic heterocycles. The standard InChI is InChI=1S/C16H14FN3O/c17-13-8-7-12(10-14(13)18)16-19-15(20-21-16)9-6-11-4-2-1-3-5-11/h1-5,7-8,10H,6,9,18H2. The normalized spacial score (nSPS) is 10.7. The fourth-order valence-electron chi connectivity index (χ4n) is 2.05. The van der Waals surface area contributed by atoms with Gasteiger partial charge >= 0.3 is 0 Å². The van der Waals surface area contributed by atoms with Crippen LogP contribution in [-0.2, 0) is 12.8 Å². The summed E-state index contributed by atoms with van der Waals surface area (Å²) in [5, 5.41) is 3.94. The molecule has 3 rings (SSSR count). The molecule has 5 heteroatoms. The van der Waals surface area contributed by atoms with E-state index in [4.69, 9.17) is 10.3 Å². The molecule has 2 N–H and O–H groups in total. The van der Waals surface area contributed by atoms with Crippen LogP contribution in [0.25, 0.3) is 11.5 Å². The lowest BCUT2D eigenvalue weighted by molar-refractivity contribution is 0.422. The summed E-state index contributed by atoms with van der Waals surface area (Å²) in [6.07, 6.45) is 1.52. The maximum Gasteiger partial charge on any atom is 0.257 e. The van der Waals surface area contributed by atoms with Gasteiger partial charge in [-0.1, -0.05) is 35.5 Å². The lowest BCUT2D eigenvalue weighted by Gasteiger charge is -1.98. The van der Waals surface area contributed by atoms with E-state index < -0.39 is 5.82 Å². The van der Waals surface area contributed by atoms with Gasteiger partial charge in [-0.15, -0.1) is 0 Å². The van der Waals surface area contributed by atoms with E-state index in [1.54, 1.807) is 6.07 Å². The monoisotopic (exact) mass is 283 g/mol. The van der Waals surface area contributed by atoms with Crippen molar-refractivity contribution in [2.75, 3.05) is 5.73 Å². The van der Waals surface area contributed by atoms with Gasteiger partial charge in [0, 0.05) is 12.0 Å².